The van der Waals surface area contributed by atoms with Crippen LogP contribution in [0.5, 0.6) is 0 Å². The molecular weight excluding hydrogens is 418 g/mol. The molecule has 3 aromatic rings. The SMILES string of the molecule is Br.NCCCC(=O)N(Cc1nc2ccccc2[nH]1)C1CCCc2cccnc21. The maximum absolute atomic E-state index is 13.0. The number of carbonyl (C=O) groups is 1. The molecule has 4 rings (SSSR count). The number of aromatic amines is 1. The molecule has 1 aromatic carbocycles. The van der Waals surface area contributed by atoms with Crippen molar-refractivity contribution in [1.82, 2.24) is 19.9 Å². The maximum Gasteiger partial charge on any atom is 0.223 e. The number of aryl methyl sites for hydroxylation is 1. The lowest BCUT2D eigenvalue weighted by Gasteiger charge is -2.34. The third kappa shape index (κ3) is 4.25. The molecule has 1 atom stereocenters. The second-order valence-corrected chi connectivity index (χ2v) is 7.07. The number of rotatable bonds is 6. The molecule has 0 spiro atoms. The Morgan fingerprint density at radius 2 is 2.11 bits per heavy atom. The molecule has 2 aromatic heterocycles. The Morgan fingerprint density at radius 3 is 2.93 bits per heavy atom. The number of nitrogens with one attached hydrogen (secondary N) is 1. The predicted molar refractivity (Wildman–Crippen MR) is 115 cm³/mol. The topological polar surface area (TPSA) is 87.9 Å². The van der Waals surface area contributed by atoms with Crippen molar-refractivity contribution in [2.75, 3.05) is 6.54 Å². The monoisotopic (exact) mass is 443 g/mol. The molecule has 2 heterocycles. The van der Waals surface area contributed by atoms with E-state index in [0.29, 0.717) is 25.9 Å². The first kappa shape index (κ1) is 20.5. The van der Waals surface area contributed by atoms with Crippen molar-refractivity contribution in [3.8, 4) is 0 Å². The minimum atomic E-state index is -0.00608. The van der Waals surface area contributed by atoms with Gasteiger partial charge in [0.05, 0.1) is 29.3 Å². The molecule has 0 radical (unpaired) electrons. The fourth-order valence-electron chi connectivity index (χ4n) is 3.90. The van der Waals surface area contributed by atoms with Crippen LogP contribution in [0, 0.1) is 0 Å². The van der Waals surface area contributed by atoms with Gasteiger partial charge in [-0.2, -0.15) is 0 Å². The number of carbonyl (C=O) groups excluding carboxylic acids is 1. The largest absolute Gasteiger partial charge is 0.340 e. The molecular formula is C21H26BrN5O. The fraction of sp³-hybridized carbons (Fsp3) is 0.381. The van der Waals surface area contributed by atoms with Gasteiger partial charge in [-0.1, -0.05) is 18.2 Å². The van der Waals surface area contributed by atoms with Crippen LogP contribution in [0.25, 0.3) is 11.0 Å². The zero-order valence-corrected chi connectivity index (χ0v) is 17.5. The number of aromatic nitrogens is 3. The Kier molecular flexibility index (Phi) is 6.80. The first-order valence-electron chi connectivity index (χ1n) is 9.63. The van der Waals surface area contributed by atoms with E-state index >= 15 is 0 Å². The van der Waals surface area contributed by atoms with Crippen LogP contribution in [0.15, 0.2) is 42.6 Å². The summed E-state index contributed by atoms with van der Waals surface area (Å²) in [5.74, 6) is 0.921. The van der Waals surface area contributed by atoms with E-state index < -0.39 is 0 Å². The predicted octanol–water partition coefficient (Wildman–Crippen LogP) is 3.68. The average Bonchev–Trinajstić information content (AvgIpc) is 3.12. The molecule has 7 heteroatoms. The van der Waals surface area contributed by atoms with E-state index in [4.69, 9.17) is 5.73 Å². The van der Waals surface area contributed by atoms with Crippen molar-refractivity contribution in [3.05, 3.63) is 59.7 Å². The maximum atomic E-state index is 13.0. The van der Waals surface area contributed by atoms with Crippen molar-refractivity contribution in [3.63, 3.8) is 0 Å². The summed E-state index contributed by atoms with van der Waals surface area (Å²) in [5.41, 5.74) is 9.82. The summed E-state index contributed by atoms with van der Waals surface area (Å²) in [6.07, 6.45) is 5.98. The zero-order valence-electron chi connectivity index (χ0n) is 15.8. The summed E-state index contributed by atoms with van der Waals surface area (Å²) in [6, 6.07) is 12.0. The van der Waals surface area contributed by atoms with E-state index in [2.05, 4.69) is 21.0 Å². The van der Waals surface area contributed by atoms with Gasteiger partial charge in [-0.3, -0.25) is 9.78 Å². The third-order valence-electron chi connectivity index (χ3n) is 5.22. The Bertz CT molecular complexity index is 908. The minimum Gasteiger partial charge on any atom is -0.340 e. The van der Waals surface area contributed by atoms with E-state index in [1.165, 1.54) is 5.56 Å². The standard InChI is InChI=1S/C21H25N5O.BrH/c22-12-4-11-20(27)26(14-19-24-16-8-1-2-9-17(16)25-19)18-10-3-6-15-7-5-13-23-21(15)18;/h1-2,5,7-9,13,18H,3-4,6,10-12,14,22H2,(H,24,25);1H. The molecule has 1 aliphatic rings. The fourth-order valence-corrected chi connectivity index (χ4v) is 3.90. The van der Waals surface area contributed by atoms with Gasteiger partial charge < -0.3 is 15.6 Å². The van der Waals surface area contributed by atoms with Crippen LogP contribution in [0.2, 0.25) is 0 Å². The van der Waals surface area contributed by atoms with Crippen LogP contribution in [-0.2, 0) is 17.8 Å². The smallest absolute Gasteiger partial charge is 0.223 e. The number of fused-ring (bicyclic) bond motifs is 2. The van der Waals surface area contributed by atoms with Crippen molar-refractivity contribution >= 4 is 33.9 Å². The van der Waals surface area contributed by atoms with E-state index in [-0.39, 0.29) is 28.9 Å². The van der Waals surface area contributed by atoms with Gasteiger partial charge >= 0.3 is 0 Å². The number of benzene rings is 1. The van der Waals surface area contributed by atoms with Gasteiger partial charge in [0.25, 0.3) is 0 Å². The highest BCUT2D eigenvalue weighted by Gasteiger charge is 2.30. The van der Waals surface area contributed by atoms with Gasteiger partial charge in [0.15, 0.2) is 0 Å². The number of hydrogen-bond acceptors (Lipinski definition) is 4. The van der Waals surface area contributed by atoms with Gasteiger partial charge in [-0.25, -0.2) is 4.98 Å². The summed E-state index contributed by atoms with van der Waals surface area (Å²) in [6.45, 7) is 0.975. The Balaban J connectivity index is 0.00000225. The lowest BCUT2D eigenvalue weighted by Crippen LogP contribution is -2.37. The lowest BCUT2D eigenvalue weighted by atomic mass is 9.90. The summed E-state index contributed by atoms with van der Waals surface area (Å²) in [7, 11) is 0. The number of H-pyrrole nitrogens is 1. The molecule has 0 aliphatic heterocycles. The summed E-state index contributed by atoms with van der Waals surface area (Å²) >= 11 is 0. The summed E-state index contributed by atoms with van der Waals surface area (Å²) in [5, 5.41) is 0. The van der Waals surface area contributed by atoms with Gasteiger partial charge in [-0.15, -0.1) is 17.0 Å². The summed E-state index contributed by atoms with van der Waals surface area (Å²) in [4.78, 5) is 27.6. The van der Waals surface area contributed by atoms with Gasteiger partial charge in [0, 0.05) is 12.6 Å². The number of halogens is 1. The first-order valence-corrected chi connectivity index (χ1v) is 9.63. The van der Waals surface area contributed by atoms with Gasteiger partial charge in [0.2, 0.25) is 5.91 Å². The van der Waals surface area contributed by atoms with Crippen LogP contribution in [0.4, 0.5) is 0 Å². The number of hydrogen-bond donors (Lipinski definition) is 2. The first-order chi connectivity index (χ1) is 13.3. The molecule has 6 nitrogen and oxygen atoms in total. The lowest BCUT2D eigenvalue weighted by molar-refractivity contribution is -0.135. The number of nitrogens with zero attached hydrogens (tertiary/aromatic N) is 3. The molecule has 148 valence electrons. The molecule has 0 fully saturated rings. The van der Waals surface area contributed by atoms with E-state index in [1.807, 2.05) is 41.4 Å². The number of imidazole rings is 1. The third-order valence-corrected chi connectivity index (χ3v) is 5.22. The molecule has 0 bridgehead atoms. The van der Waals surface area contributed by atoms with E-state index in [9.17, 15) is 4.79 Å². The highest BCUT2D eigenvalue weighted by molar-refractivity contribution is 8.93. The quantitative estimate of drug-likeness (QED) is 0.607. The molecule has 3 N–H and O–H groups in total. The normalized spacial score (nSPS) is 15.7. The Hall–Kier alpha value is -2.25. The van der Waals surface area contributed by atoms with E-state index in [1.54, 1.807) is 0 Å². The van der Waals surface area contributed by atoms with Crippen LogP contribution >= 0.6 is 17.0 Å². The molecule has 1 amide bonds. The Morgan fingerprint density at radius 1 is 1.25 bits per heavy atom. The molecule has 0 saturated carbocycles. The van der Waals surface area contributed by atoms with Crippen LogP contribution in [-0.4, -0.2) is 32.3 Å². The molecule has 1 unspecified atom stereocenters. The van der Waals surface area contributed by atoms with Crippen molar-refractivity contribution in [2.45, 2.75) is 44.7 Å². The van der Waals surface area contributed by atoms with Gasteiger partial charge in [0.1, 0.15) is 5.82 Å². The van der Waals surface area contributed by atoms with Crippen LogP contribution in [0.3, 0.4) is 0 Å². The van der Waals surface area contributed by atoms with Crippen LogP contribution in [0.1, 0.15) is 48.8 Å². The number of para-hydroxylation sites is 2. The highest BCUT2D eigenvalue weighted by atomic mass is 79.9. The van der Waals surface area contributed by atoms with Gasteiger partial charge in [-0.05, 0) is 56.0 Å². The number of amides is 1. The van der Waals surface area contributed by atoms with Crippen molar-refractivity contribution in [1.29, 1.82) is 0 Å². The second-order valence-electron chi connectivity index (χ2n) is 7.07. The zero-order chi connectivity index (χ0) is 18.6. The number of pyridine rings is 1. The van der Waals surface area contributed by atoms with Crippen molar-refractivity contribution < 1.29 is 4.79 Å². The molecule has 0 saturated heterocycles. The second kappa shape index (κ2) is 9.30. The minimum absolute atomic E-state index is 0. The number of nitrogens with two attached hydrogens (primary N) is 1. The van der Waals surface area contributed by atoms with Crippen LogP contribution < -0.4 is 5.73 Å². The Labute approximate surface area is 175 Å². The average molecular weight is 444 g/mol. The molecule has 28 heavy (non-hydrogen) atoms. The summed E-state index contributed by atoms with van der Waals surface area (Å²) < 4.78 is 0. The van der Waals surface area contributed by atoms with E-state index in [0.717, 1.165) is 41.8 Å². The van der Waals surface area contributed by atoms with Crippen molar-refractivity contribution in [2.24, 2.45) is 5.73 Å². The molecule has 1 aliphatic carbocycles. The highest BCUT2D eigenvalue weighted by Crippen LogP contribution is 2.34.